The normalized spacial score (nSPS) is 15.7. The number of aryl methyl sites for hydroxylation is 2. The van der Waals surface area contributed by atoms with Gasteiger partial charge in [-0.2, -0.15) is 4.31 Å². The first-order valence-electron chi connectivity index (χ1n) is 8.80. The summed E-state index contributed by atoms with van der Waals surface area (Å²) >= 11 is 0. The van der Waals surface area contributed by atoms with Crippen LogP contribution in [0.3, 0.4) is 0 Å². The third kappa shape index (κ3) is 4.12. The van der Waals surface area contributed by atoms with Crippen LogP contribution in [0.4, 0.5) is 0 Å². The van der Waals surface area contributed by atoms with E-state index in [-0.39, 0.29) is 31.1 Å². The van der Waals surface area contributed by atoms with E-state index in [0.717, 1.165) is 11.1 Å². The van der Waals surface area contributed by atoms with E-state index in [1.807, 2.05) is 13.0 Å². The highest BCUT2D eigenvalue weighted by Gasteiger charge is 2.31. The number of sulfonamides is 1. The highest BCUT2D eigenvalue weighted by Crippen LogP contribution is 2.22. The predicted octanol–water partition coefficient (Wildman–Crippen LogP) is 0.998. The van der Waals surface area contributed by atoms with Crippen LogP contribution in [-0.2, 0) is 21.4 Å². The number of benzene rings is 1. The average Bonchev–Trinajstić information content (AvgIpc) is 2.63. The maximum absolute atomic E-state index is 12.9. The van der Waals surface area contributed by atoms with E-state index in [1.54, 1.807) is 42.3 Å². The Balaban J connectivity index is 1.67. The molecule has 1 aliphatic heterocycles. The number of hydrogen-bond acceptors (Lipinski definition) is 4. The highest BCUT2D eigenvalue weighted by atomic mass is 32.2. The lowest BCUT2D eigenvalue weighted by Crippen LogP contribution is -2.51. The number of pyridine rings is 1. The first-order valence-corrected chi connectivity index (χ1v) is 10.2. The third-order valence-electron chi connectivity index (χ3n) is 4.74. The summed E-state index contributed by atoms with van der Waals surface area (Å²) in [6.07, 6.45) is 1.57. The van der Waals surface area contributed by atoms with Crippen LogP contribution in [0.2, 0.25) is 0 Å². The molecule has 1 saturated heterocycles. The lowest BCUT2D eigenvalue weighted by molar-refractivity contribution is -0.133. The molecule has 1 aliphatic rings. The Labute approximate surface area is 158 Å². The molecule has 8 heteroatoms. The van der Waals surface area contributed by atoms with Crippen molar-refractivity contribution in [3.8, 4) is 0 Å². The molecule has 0 aliphatic carbocycles. The molecule has 0 spiro atoms. The molecule has 0 N–H and O–H groups in total. The zero-order valence-electron chi connectivity index (χ0n) is 15.5. The molecular formula is C19H23N3O4S. The van der Waals surface area contributed by atoms with E-state index < -0.39 is 10.0 Å². The number of amides is 1. The molecule has 3 rings (SSSR count). The minimum Gasteiger partial charge on any atom is -0.339 e. The number of carbonyl (C=O) groups excluding carboxylic acids is 1. The second-order valence-corrected chi connectivity index (χ2v) is 8.63. The molecule has 0 radical (unpaired) electrons. The number of carbonyl (C=O) groups is 1. The molecule has 144 valence electrons. The Morgan fingerprint density at radius 2 is 1.74 bits per heavy atom. The van der Waals surface area contributed by atoms with Gasteiger partial charge in [-0.15, -0.1) is 0 Å². The average molecular weight is 389 g/mol. The van der Waals surface area contributed by atoms with Crippen LogP contribution in [0.1, 0.15) is 11.1 Å². The minimum absolute atomic E-state index is 0.0382. The molecular weight excluding hydrogens is 366 g/mol. The van der Waals surface area contributed by atoms with Gasteiger partial charge < -0.3 is 9.47 Å². The second kappa shape index (κ2) is 7.66. The second-order valence-electron chi connectivity index (χ2n) is 6.72. The Morgan fingerprint density at radius 1 is 1.04 bits per heavy atom. The van der Waals surface area contributed by atoms with Crippen molar-refractivity contribution in [3.05, 3.63) is 64.1 Å². The molecule has 0 unspecified atom stereocenters. The van der Waals surface area contributed by atoms with Gasteiger partial charge in [0.25, 0.3) is 5.56 Å². The smallest absolute Gasteiger partial charge is 0.250 e. The summed E-state index contributed by atoms with van der Waals surface area (Å²) in [6.45, 7) is 4.78. The summed E-state index contributed by atoms with van der Waals surface area (Å²) in [6, 6.07) is 10.0. The van der Waals surface area contributed by atoms with Gasteiger partial charge in [-0.25, -0.2) is 8.42 Å². The Bertz CT molecular complexity index is 1010. The van der Waals surface area contributed by atoms with Crippen molar-refractivity contribution >= 4 is 15.9 Å². The van der Waals surface area contributed by atoms with Gasteiger partial charge in [0.15, 0.2) is 0 Å². The first kappa shape index (κ1) is 19.3. The summed E-state index contributed by atoms with van der Waals surface area (Å²) in [7, 11) is -3.58. The van der Waals surface area contributed by atoms with Gasteiger partial charge in [0.1, 0.15) is 6.54 Å². The van der Waals surface area contributed by atoms with Crippen LogP contribution in [-0.4, -0.2) is 54.3 Å². The van der Waals surface area contributed by atoms with E-state index in [2.05, 4.69) is 0 Å². The number of rotatable bonds is 4. The van der Waals surface area contributed by atoms with Crippen LogP contribution < -0.4 is 5.56 Å². The van der Waals surface area contributed by atoms with Gasteiger partial charge in [-0.3, -0.25) is 9.59 Å². The van der Waals surface area contributed by atoms with Gasteiger partial charge in [-0.05, 0) is 31.5 Å². The Kier molecular flexibility index (Phi) is 5.48. The van der Waals surface area contributed by atoms with Crippen LogP contribution >= 0.6 is 0 Å². The van der Waals surface area contributed by atoms with E-state index in [4.69, 9.17) is 0 Å². The first-order chi connectivity index (χ1) is 12.8. The molecule has 27 heavy (non-hydrogen) atoms. The maximum Gasteiger partial charge on any atom is 0.250 e. The molecule has 1 amide bonds. The molecule has 1 aromatic heterocycles. The topological polar surface area (TPSA) is 79.7 Å². The number of hydrogen-bond donors (Lipinski definition) is 0. The number of piperazine rings is 1. The van der Waals surface area contributed by atoms with Crippen molar-refractivity contribution in [3.63, 3.8) is 0 Å². The SMILES string of the molecule is Cc1ccc(S(=O)(=O)N2CCN(C(=O)Cn3ccccc3=O)CC2)c(C)c1. The fourth-order valence-electron chi connectivity index (χ4n) is 3.24. The Morgan fingerprint density at radius 3 is 2.37 bits per heavy atom. The third-order valence-corrected chi connectivity index (χ3v) is 6.80. The zero-order valence-corrected chi connectivity index (χ0v) is 16.3. The van der Waals surface area contributed by atoms with Crippen molar-refractivity contribution in [1.29, 1.82) is 0 Å². The fraction of sp³-hybridized carbons (Fsp3) is 0.368. The summed E-state index contributed by atoms with van der Waals surface area (Å²) < 4.78 is 28.6. The molecule has 0 saturated carbocycles. The molecule has 2 aromatic rings. The largest absolute Gasteiger partial charge is 0.339 e. The predicted molar refractivity (Wildman–Crippen MR) is 102 cm³/mol. The van der Waals surface area contributed by atoms with Crippen LogP contribution in [0, 0.1) is 13.8 Å². The quantitative estimate of drug-likeness (QED) is 0.781. The number of aromatic nitrogens is 1. The van der Waals surface area contributed by atoms with Gasteiger partial charge in [0, 0.05) is 38.4 Å². The zero-order chi connectivity index (χ0) is 19.6. The van der Waals surface area contributed by atoms with E-state index in [0.29, 0.717) is 18.0 Å². The Hall–Kier alpha value is -2.45. The molecule has 2 heterocycles. The van der Waals surface area contributed by atoms with Crippen LogP contribution in [0.5, 0.6) is 0 Å². The van der Waals surface area contributed by atoms with Gasteiger partial charge >= 0.3 is 0 Å². The molecule has 7 nitrogen and oxygen atoms in total. The summed E-state index contributed by atoms with van der Waals surface area (Å²) in [5, 5.41) is 0. The van der Waals surface area contributed by atoms with E-state index in [9.17, 15) is 18.0 Å². The van der Waals surface area contributed by atoms with Crippen molar-refractivity contribution in [1.82, 2.24) is 13.8 Å². The van der Waals surface area contributed by atoms with Gasteiger partial charge in [0.2, 0.25) is 15.9 Å². The summed E-state index contributed by atoms with van der Waals surface area (Å²) in [4.78, 5) is 26.1. The minimum atomic E-state index is -3.58. The number of nitrogens with zero attached hydrogens (tertiary/aromatic N) is 3. The summed E-state index contributed by atoms with van der Waals surface area (Å²) in [5.74, 6) is -0.188. The standard InChI is InChI=1S/C19H23N3O4S/c1-15-6-7-17(16(2)13-15)27(25,26)22-11-9-20(10-12-22)19(24)14-21-8-4-3-5-18(21)23/h3-8,13H,9-12,14H2,1-2H3. The van der Waals surface area contributed by atoms with Crippen molar-refractivity contribution in [2.45, 2.75) is 25.3 Å². The van der Waals surface area contributed by atoms with E-state index >= 15 is 0 Å². The molecule has 1 aromatic carbocycles. The monoisotopic (exact) mass is 389 g/mol. The van der Waals surface area contributed by atoms with Crippen molar-refractivity contribution in [2.24, 2.45) is 0 Å². The maximum atomic E-state index is 12.9. The molecule has 0 bridgehead atoms. The van der Waals surface area contributed by atoms with Gasteiger partial charge in [0.05, 0.1) is 4.90 Å². The molecule has 1 fully saturated rings. The fourth-order valence-corrected chi connectivity index (χ4v) is 4.87. The molecule has 0 atom stereocenters. The van der Waals surface area contributed by atoms with Gasteiger partial charge in [-0.1, -0.05) is 23.8 Å². The summed E-state index contributed by atoms with van der Waals surface area (Å²) in [5.41, 5.74) is 1.50. The van der Waals surface area contributed by atoms with Crippen LogP contribution in [0.15, 0.2) is 52.3 Å². The highest BCUT2D eigenvalue weighted by molar-refractivity contribution is 7.89. The van der Waals surface area contributed by atoms with Crippen molar-refractivity contribution < 1.29 is 13.2 Å². The van der Waals surface area contributed by atoms with Crippen LogP contribution in [0.25, 0.3) is 0 Å². The lowest BCUT2D eigenvalue weighted by Gasteiger charge is -2.34. The van der Waals surface area contributed by atoms with E-state index in [1.165, 1.54) is 14.9 Å². The lowest BCUT2D eigenvalue weighted by atomic mass is 10.2. The van der Waals surface area contributed by atoms with Crippen molar-refractivity contribution in [2.75, 3.05) is 26.2 Å².